The maximum absolute atomic E-state index is 12.3. The molecule has 0 saturated heterocycles. The molecule has 0 saturated carbocycles. The monoisotopic (exact) mass is 355 g/mol. The number of aromatic hydroxyl groups is 1. The maximum Gasteiger partial charge on any atom is 0.277 e. The largest absolute Gasteiger partial charge is 0.497 e. The fourth-order valence-electron chi connectivity index (χ4n) is 3.77. The van der Waals surface area contributed by atoms with Gasteiger partial charge in [-0.2, -0.15) is 0 Å². The number of hydrogen-bond donors (Lipinski definition) is 2. The SMILES string of the molecule is COc1cc2c3c(c1)c(C1=NC(=S)NC1=O)c(O)n3C(C)(C)C=C2C. The number of nitrogens with zero attached hydrogens (tertiary/aromatic N) is 2. The van der Waals surface area contributed by atoms with E-state index in [0.717, 1.165) is 16.7 Å². The van der Waals surface area contributed by atoms with Crippen LogP contribution >= 0.6 is 12.2 Å². The molecule has 2 aliphatic heterocycles. The number of hydrogen-bond acceptors (Lipinski definition) is 4. The van der Waals surface area contributed by atoms with Crippen LogP contribution in [0.3, 0.4) is 0 Å². The lowest BCUT2D eigenvalue weighted by Gasteiger charge is -2.31. The minimum atomic E-state index is -0.456. The van der Waals surface area contributed by atoms with Gasteiger partial charge in [-0.3, -0.25) is 10.1 Å². The molecule has 7 heteroatoms. The van der Waals surface area contributed by atoms with Gasteiger partial charge in [-0.1, -0.05) is 6.08 Å². The first-order valence-corrected chi connectivity index (χ1v) is 8.25. The molecule has 6 nitrogen and oxygen atoms in total. The molecule has 2 aromatic rings. The number of amides is 1. The van der Waals surface area contributed by atoms with E-state index in [4.69, 9.17) is 17.0 Å². The van der Waals surface area contributed by atoms with Crippen LogP contribution < -0.4 is 10.1 Å². The minimum absolute atomic E-state index is 0.00291. The molecule has 1 aromatic heterocycles. The first-order chi connectivity index (χ1) is 11.7. The highest BCUT2D eigenvalue weighted by atomic mass is 32.1. The summed E-state index contributed by atoms with van der Waals surface area (Å²) in [7, 11) is 1.59. The van der Waals surface area contributed by atoms with Crippen LogP contribution in [0.2, 0.25) is 0 Å². The molecule has 2 aliphatic rings. The quantitative estimate of drug-likeness (QED) is 0.812. The van der Waals surface area contributed by atoms with Gasteiger partial charge in [-0.25, -0.2) is 4.99 Å². The fraction of sp³-hybridized carbons (Fsp3) is 0.278. The Bertz CT molecular complexity index is 1040. The molecular weight excluding hydrogens is 338 g/mol. The lowest BCUT2D eigenvalue weighted by Crippen LogP contribution is -2.27. The smallest absolute Gasteiger partial charge is 0.277 e. The standard InChI is InChI=1S/C18H17N3O3S/c1-8-7-18(2,3)21-14-10(8)5-9(24-4)6-11(14)12(16(21)23)13-15(22)20-17(25)19-13/h5-7,23H,1-4H3,(H,20,22,25). The average Bonchev–Trinajstić information content (AvgIpc) is 3.00. The molecule has 4 rings (SSSR count). The van der Waals surface area contributed by atoms with E-state index in [0.29, 0.717) is 16.7 Å². The van der Waals surface area contributed by atoms with Crippen LogP contribution in [0.5, 0.6) is 11.6 Å². The van der Waals surface area contributed by atoms with Gasteiger partial charge in [0.05, 0.1) is 23.7 Å². The molecule has 0 bridgehead atoms. The van der Waals surface area contributed by atoms with Crippen molar-refractivity contribution in [3.05, 3.63) is 29.3 Å². The number of allylic oxidation sites excluding steroid dienone is 2. The molecule has 0 aliphatic carbocycles. The number of aliphatic imine (C=N–C) groups is 1. The van der Waals surface area contributed by atoms with E-state index >= 15 is 0 Å². The lowest BCUT2D eigenvalue weighted by molar-refractivity contribution is -0.113. The van der Waals surface area contributed by atoms with Gasteiger partial charge < -0.3 is 14.4 Å². The first kappa shape index (κ1) is 15.8. The van der Waals surface area contributed by atoms with E-state index in [9.17, 15) is 9.90 Å². The first-order valence-electron chi connectivity index (χ1n) is 7.84. The molecule has 25 heavy (non-hydrogen) atoms. The summed E-state index contributed by atoms with van der Waals surface area (Å²) < 4.78 is 7.25. The summed E-state index contributed by atoms with van der Waals surface area (Å²) in [5.74, 6) is 0.234. The van der Waals surface area contributed by atoms with E-state index in [1.165, 1.54) is 0 Å². The summed E-state index contributed by atoms with van der Waals surface area (Å²) in [5.41, 5.74) is 2.94. The number of nitrogens with one attached hydrogen (secondary N) is 1. The molecule has 3 heterocycles. The van der Waals surface area contributed by atoms with Crippen LogP contribution in [0, 0.1) is 0 Å². The molecule has 1 amide bonds. The molecule has 0 spiro atoms. The number of thiocarbonyl (C=S) groups is 1. The minimum Gasteiger partial charge on any atom is -0.497 e. The van der Waals surface area contributed by atoms with Gasteiger partial charge in [-0.15, -0.1) is 0 Å². The van der Waals surface area contributed by atoms with Crippen molar-refractivity contribution in [2.24, 2.45) is 4.99 Å². The zero-order valence-electron chi connectivity index (χ0n) is 14.3. The summed E-state index contributed by atoms with van der Waals surface area (Å²) in [6.07, 6.45) is 2.08. The predicted molar refractivity (Wildman–Crippen MR) is 100 cm³/mol. The second kappa shape index (κ2) is 4.92. The highest BCUT2D eigenvalue weighted by Gasteiger charge is 2.36. The number of carbonyl (C=O) groups is 1. The zero-order valence-corrected chi connectivity index (χ0v) is 15.1. The number of carbonyl (C=O) groups excluding carboxylic acids is 1. The Labute approximate surface area is 149 Å². The summed E-state index contributed by atoms with van der Waals surface area (Å²) in [6.45, 7) is 6.04. The second-order valence-corrected chi connectivity index (χ2v) is 7.19. The van der Waals surface area contributed by atoms with Gasteiger partial charge in [-0.05, 0) is 50.7 Å². The average molecular weight is 355 g/mol. The number of methoxy groups -OCH3 is 1. The van der Waals surface area contributed by atoms with Gasteiger partial charge >= 0.3 is 0 Å². The Morgan fingerprint density at radius 1 is 1.36 bits per heavy atom. The van der Waals surface area contributed by atoms with Crippen molar-refractivity contribution in [2.45, 2.75) is 26.3 Å². The van der Waals surface area contributed by atoms with E-state index in [1.54, 1.807) is 7.11 Å². The van der Waals surface area contributed by atoms with Gasteiger partial charge in [0.2, 0.25) is 11.0 Å². The lowest BCUT2D eigenvalue weighted by atomic mass is 9.91. The normalized spacial score (nSPS) is 18.2. The van der Waals surface area contributed by atoms with E-state index < -0.39 is 11.4 Å². The summed E-state index contributed by atoms with van der Waals surface area (Å²) in [6, 6.07) is 3.75. The zero-order chi connectivity index (χ0) is 18.1. The van der Waals surface area contributed by atoms with Crippen molar-refractivity contribution in [1.29, 1.82) is 0 Å². The second-order valence-electron chi connectivity index (χ2n) is 6.81. The summed E-state index contributed by atoms with van der Waals surface area (Å²) >= 11 is 4.98. The Kier molecular flexibility index (Phi) is 3.12. The Hall–Kier alpha value is -2.67. The van der Waals surface area contributed by atoms with Crippen LogP contribution in [-0.2, 0) is 10.3 Å². The van der Waals surface area contributed by atoms with Gasteiger partial charge in [0, 0.05) is 10.9 Å². The van der Waals surface area contributed by atoms with Crippen molar-refractivity contribution in [1.82, 2.24) is 9.88 Å². The van der Waals surface area contributed by atoms with Crippen LogP contribution in [-0.4, -0.2) is 33.5 Å². The van der Waals surface area contributed by atoms with Crippen LogP contribution in [0.4, 0.5) is 0 Å². The highest BCUT2D eigenvalue weighted by Crippen LogP contribution is 2.46. The molecule has 0 radical (unpaired) electrons. The van der Waals surface area contributed by atoms with Gasteiger partial charge in [0.1, 0.15) is 11.5 Å². The molecule has 0 atom stereocenters. The predicted octanol–water partition coefficient (Wildman–Crippen LogP) is 2.71. The van der Waals surface area contributed by atoms with Crippen molar-refractivity contribution in [3.8, 4) is 11.6 Å². The van der Waals surface area contributed by atoms with Gasteiger partial charge in [0.15, 0.2) is 0 Å². The molecule has 0 unspecified atom stereocenters. The molecular formula is C18H17N3O3S. The third kappa shape index (κ3) is 2.05. The number of benzene rings is 1. The Morgan fingerprint density at radius 2 is 2.08 bits per heavy atom. The van der Waals surface area contributed by atoms with Crippen molar-refractivity contribution in [2.75, 3.05) is 7.11 Å². The molecule has 1 aromatic carbocycles. The van der Waals surface area contributed by atoms with Crippen LogP contribution in [0.1, 0.15) is 31.9 Å². The van der Waals surface area contributed by atoms with Crippen LogP contribution in [0.25, 0.3) is 16.5 Å². The number of rotatable bonds is 2. The van der Waals surface area contributed by atoms with Crippen LogP contribution in [0.15, 0.2) is 23.2 Å². The molecule has 0 fully saturated rings. The third-order valence-electron chi connectivity index (χ3n) is 4.70. The van der Waals surface area contributed by atoms with E-state index in [1.807, 2.05) is 37.5 Å². The van der Waals surface area contributed by atoms with Crippen molar-refractivity contribution in [3.63, 3.8) is 0 Å². The van der Waals surface area contributed by atoms with E-state index in [-0.39, 0.29) is 16.7 Å². The third-order valence-corrected chi connectivity index (χ3v) is 4.90. The molecule has 128 valence electrons. The Morgan fingerprint density at radius 3 is 2.68 bits per heavy atom. The summed E-state index contributed by atoms with van der Waals surface area (Å²) in [5, 5.41) is 14.3. The van der Waals surface area contributed by atoms with Crippen molar-refractivity contribution < 1.29 is 14.6 Å². The molecule has 2 N–H and O–H groups in total. The van der Waals surface area contributed by atoms with Crippen molar-refractivity contribution >= 4 is 45.4 Å². The number of ether oxygens (including phenoxy) is 1. The topological polar surface area (TPSA) is 75.8 Å². The fourth-order valence-corrected chi connectivity index (χ4v) is 3.95. The Balaban J connectivity index is 2.18. The summed E-state index contributed by atoms with van der Waals surface area (Å²) in [4.78, 5) is 16.4. The maximum atomic E-state index is 12.3. The van der Waals surface area contributed by atoms with Gasteiger partial charge in [0.25, 0.3) is 5.91 Å². The highest BCUT2D eigenvalue weighted by molar-refractivity contribution is 7.80. The van der Waals surface area contributed by atoms with E-state index in [2.05, 4.69) is 16.4 Å². The number of aromatic nitrogens is 1.